The van der Waals surface area contributed by atoms with Crippen LogP contribution in [0.2, 0.25) is 0 Å². The van der Waals surface area contributed by atoms with Crippen LogP contribution in [0.15, 0.2) is 58.7 Å². The van der Waals surface area contributed by atoms with Crippen molar-refractivity contribution in [3.05, 3.63) is 60.1 Å². The third-order valence-corrected chi connectivity index (χ3v) is 5.96. The molecule has 1 aromatic heterocycles. The number of anilines is 1. The van der Waals surface area contributed by atoms with Crippen molar-refractivity contribution < 1.29 is 23.5 Å². The van der Waals surface area contributed by atoms with Crippen LogP contribution < -0.4 is 9.64 Å². The first kappa shape index (κ1) is 21.9. The number of carbonyl (C=O) groups is 3. The summed E-state index contributed by atoms with van der Waals surface area (Å²) >= 11 is 0. The summed E-state index contributed by atoms with van der Waals surface area (Å²) in [7, 11) is 0. The normalized spacial score (nSPS) is 18.6. The molecule has 1 aliphatic carbocycles. The van der Waals surface area contributed by atoms with Crippen LogP contribution in [-0.4, -0.2) is 41.8 Å². The maximum absolute atomic E-state index is 13.3. The SMILES string of the molecule is CCOc1ccc(N2C(=O)CC(N(CCC3=CCCCC3)C(=O)c3ccco3)C2=O)cc1. The second-order valence-corrected chi connectivity index (χ2v) is 8.05. The Morgan fingerprint density at radius 3 is 2.66 bits per heavy atom. The Morgan fingerprint density at radius 2 is 2.00 bits per heavy atom. The minimum absolute atomic E-state index is 0.0441. The van der Waals surface area contributed by atoms with Crippen molar-refractivity contribution in [1.29, 1.82) is 0 Å². The Hall–Kier alpha value is -3.35. The lowest BCUT2D eigenvalue weighted by Gasteiger charge is -2.27. The van der Waals surface area contributed by atoms with Gasteiger partial charge in [0.15, 0.2) is 5.76 Å². The molecule has 1 unspecified atom stereocenters. The van der Waals surface area contributed by atoms with Crippen LogP contribution >= 0.6 is 0 Å². The molecule has 1 atom stereocenters. The molecule has 2 aliphatic rings. The number of amides is 3. The van der Waals surface area contributed by atoms with Crippen molar-refractivity contribution in [2.24, 2.45) is 0 Å². The summed E-state index contributed by atoms with van der Waals surface area (Å²) in [5, 5.41) is 0. The highest BCUT2D eigenvalue weighted by atomic mass is 16.5. The minimum atomic E-state index is -0.851. The molecule has 0 radical (unpaired) electrons. The number of benzene rings is 1. The van der Waals surface area contributed by atoms with Crippen LogP contribution in [0.1, 0.15) is 56.0 Å². The van der Waals surface area contributed by atoms with E-state index in [2.05, 4.69) is 6.08 Å². The molecular weight excluding hydrogens is 408 g/mol. The second-order valence-electron chi connectivity index (χ2n) is 8.05. The number of rotatable bonds is 8. The number of carbonyl (C=O) groups excluding carboxylic acids is 3. The quantitative estimate of drug-likeness (QED) is 0.454. The lowest BCUT2D eigenvalue weighted by atomic mass is 9.97. The molecule has 1 saturated heterocycles. The fourth-order valence-electron chi connectivity index (χ4n) is 4.33. The van der Waals surface area contributed by atoms with Crippen molar-refractivity contribution in [2.45, 2.75) is 51.5 Å². The van der Waals surface area contributed by atoms with E-state index in [-0.39, 0.29) is 24.0 Å². The van der Waals surface area contributed by atoms with Gasteiger partial charge in [-0.25, -0.2) is 4.90 Å². The van der Waals surface area contributed by atoms with E-state index in [0.717, 1.165) is 19.3 Å². The van der Waals surface area contributed by atoms with Crippen molar-refractivity contribution in [2.75, 3.05) is 18.1 Å². The highest BCUT2D eigenvalue weighted by Gasteiger charge is 2.44. The van der Waals surface area contributed by atoms with Gasteiger partial charge < -0.3 is 14.1 Å². The van der Waals surface area contributed by atoms with E-state index in [1.807, 2.05) is 6.92 Å². The fourth-order valence-corrected chi connectivity index (χ4v) is 4.33. The first-order chi connectivity index (χ1) is 15.6. The van der Waals surface area contributed by atoms with Gasteiger partial charge in [-0.1, -0.05) is 11.6 Å². The summed E-state index contributed by atoms with van der Waals surface area (Å²) in [5.41, 5.74) is 1.78. The maximum Gasteiger partial charge on any atom is 0.290 e. The lowest BCUT2D eigenvalue weighted by Crippen LogP contribution is -2.46. The monoisotopic (exact) mass is 436 g/mol. The van der Waals surface area contributed by atoms with Gasteiger partial charge in [0.2, 0.25) is 5.91 Å². The summed E-state index contributed by atoms with van der Waals surface area (Å²) in [4.78, 5) is 42.0. The smallest absolute Gasteiger partial charge is 0.290 e. The highest BCUT2D eigenvalue weighted by Crippen LogP contribution is 2.29. The summed E-state index contributed by atoms with van der Waals surface area (Å²) < 4.78 is 10.7. The summed E-state index contributed by atoms with van der Waals surface area (Å²) in [6.07, 6.45) is 8.70. The van der Waals surface area contributed by atoms with E-state index in [1.54, 1.807) is 36.4 Å². The summed E-state index contributed by atoms with van der Waals surface area (Å²) in [5.74, 6) is -0.245. The zero-order valence-corrected chi connectivity index (χ0v) is 18.3. The first-order valence-electron chi connectivity index (χ1n) is 11.2. The number of nitrogens with zero attached hydrogens (tertiary/aromatic N) is 2. The molecule has 7 heteroatoms. The van der Waals surface area contributed by atoms with E-state index in [0.29, 0.717) is 31.0 Å². The van der Waals surface area contributed by atoms with E-state index in [4.69, 9.17) is 9.15 Å². The fraction of sp³-hybridized carbons (Fsp3) is 0.400. The molecule has 4 rings (SSSR count). The number of imide groups is 1. The number of hydrogen-bond donors (Lipinski definition) is 0. The molecule has 1 fully saturated rings. The average Bonchev–Trinajstić information content (AvgIpc) is 3.44. The molecular formula is C25H28N2O5. The molecule has 3 amide bonds. The van der Waals surface area contributed by atoms with Gasteiger partial charge >= 0.3 is 0 Å². The number of furan rings is 1. The van der Waals surface area contributed by atoms with Gasteiger partial charge in [-0.15, -0.1) is 0 Å². The molecule has 0 spiro atoms. The molecule has 2 heterocycles. The molecule has 0 saturated carbocycles. The zero-order chi connectivity index (χ0) is 22.5. The highest BCUT2D eigenvalue weighted by molar-refractivity contribution is 6.23. The predicted octanol–water partition coefficient (Wildman–Crippen LogP) is 4.34. The average molecular weight is 437 g/mol. The molecule has 7 nitrogen and oxygen atoms in total. The van der Waals surface area contributed by atoms with Crippen LogP contribution in [0, 0.1) is 0 Å². The van der Waals surface area contributed by atoms with Gasteiger partial charge in [-0.3, -0.25) is 14.4 Å². The number of hydrogen-bond acceptors (Lipinski definition) is 5. The van der Waals surface area contributed by atoms with E-state index >= 15 is 0 Å². The third kappa shape index (κ3) is 4.61. The van der Waals surface area contributed by atoms with Gasteiger partial charge in [0, 0.05) is 6.54 Å². The molecule has 0 N–H and O–H groups in total. The van der Waals surface area contributed by atoms with Gasteiger partial charge in [0.25, 0.3) is 11.8 Å². The van der Waals surface area contributed by atoms with E-state index in [9.17, 15) is 14.4 Å². The zero-order valence-electron chi connectivity index (χ0n) is 18.3. The molecule has 2 aromatic rings. The van der Waals surface area contributed by atoms with Crippen molar-refractivity contribution >= 4 is 23.4 Å². The minimum Gasteiger partial charge on any atom is -0.494 e. The van der Waals surface area contributed by atoms with Crippen molar-refractivity contribution in [3.63, 3.8) is 0 Å². The molecule has 32 heavy (non-hydrogen) atoms. The summed E-state index contributed by atoms with van der Waals surface area (Å²) in [6, 6.07) is 9.21. The Balaban J connectivity index is 1.56. The van der Waals surface area contributed by atoms with Gasteiger partial charge in [-0.2, -0.15) is 0 Å². The molecule has 1 aromatic carbocycles. The molecule has 0 bridgehead atoms. The lowest BCUT2D eigenvalue weighted by molar-refractivity contribution is -0.122. The Labute approximate surface area is 187 Å². The van der Waals surface area contributed by atoms with Crippen LogP contribution in [0.3, 0.4) is 0 Å². The maximum atomic E-state index is 13.3. The van der Waals surface area contributed by atoms with Gasteiger partial charge in [-0.05, 0) is 75.4 Å². The van der Waals surface area contributed by atoms with Gasteiger partial charge in [0.1, 0.15) is 11.8 Å². The predicted molar refractivity (Wildman–Crippen MR) is 119 cm³/mol. The van der Waals surface area contributed by atoms with E-state index < -0.39 is 11.9 Å². The van der Waals surface area contributed by atoms with Crippen LogP contribution in [0.5, 0.6) is 5.75 Å². The Bertz CT molecular complexity index is 994. The molecule has 1 aliphatic heterocycles. The Morgan fingerprint density at radius 1 is 1.19 bits per heavy atom. The number of allylic oxidation sites excluding steroid dienone is 1. The van der Waals surface area contributed by atoms with Crippen LogP contribution in [-0.2, 0) is 9.59 Å². The summed E-state index contributed by atoms with van der Waals surface area (Å²) in [6.45, 7) is 2.79. The topological polar surface area (TPSA) is 80.1 Å². The third-order valence-electron chi connectivity index (χ3n) is 5.96. The first-order valence-corrected chi connectivity index (χ1v) is 11.2. The number of ether oxygens (including phenoxy) is 1. The van der Waals surface area contributed by atoms with E-state index in [1.165, 1.54) is 28.1 Å². The van der Waals surface area contributed by atoms with Crippen molar-refractivity contribution in [1.82, 2.24) is 4.90 Å². The van der Waals surface area contributed by atoms with Crippen molar-refractivity contribution in [3.8, 4) is 5.75 Å². The molecule has 168 valence electrons. The largest absolute Gasteiger partial charge is 0.494 e. The van der Waals surface area contributed by atoms with Crippen LogP contribution in [0.4, 0.5) is 5.69 Å². The van der Waals surface area contributed by atoms with Gasteiger partial charge in [0.05, 0.1) is 25.0 Å². The Kier molecular flexibility index (Phi) is 6.73. The second kappa shape index (κ2) is 9.85. The standard InChI is InChI=1S/C25H28N2O5/c1-2-31-20-12-10-19(11-13-20)27-23(28)17-21(24(27)29)26(25(30)22-9-6-16-32-22)15-14-18-7-4-3-5-8-18/h6-7,9-13,16,21H,2-5,8,14-15,17H2,1H3. The van der Waals surface area contributed by atoms with Crippen LogP contribution in [0.25, 0.3) is 0 Å².